The molecule has 1 aromatic carbocycles. The van der Waals surface area contributed by atoms with Crippen molar-refractivity contribution >= 4 is 0 Å². The molecule has 0 saturated heterocycles. The monoisotopic (exact) mass is 246 g/mol. The summed E-state index contributed by atoms with van der Waals surface area (Å²) in [5, 5.41) is 3.37. The molecule has 18 heavy (non-hydrogen) atoms. The molecular formula is C16H26N2. The number of nitrogens with one attached hydrogen (secondary N) is 1. The highest BCUT2D eigenvalue weighted by Crippen LogP contribution is 2.22. The summed E-state index contributed by atoms with van der Waals surface area (Å²) < 4.78 is 0. The average molecular weight is 246 g/mol. The predicted molar refractivity (Wildman–Crippen MR) is 78.0 cm³/mol. The lowest BCUT2D eigenvalue weighted by molar-refractivity contribution is 0.325. The van der Waals surface area contributed by atoms with Crippen LogP contribution in [0.5, 0.6) is 0 Å². The number of fused-ring (bicyclic) bond motifs is 1. The Balaban J connectivity index is 1.89. The summed E-state index contributed by atoms with van der Waals surface area (Å²) in [7, 11) is 2.21. The molecule has 2 nitrogen and oxygen atoms in total. The van der Waals surface area contributed by atoms with Gasteiger partial charge in [0.15, 0.2) is 0 Å². The molecule has 0 heterocycles. The van der Waals surface area contributed by atoms with Crippen LogP contribution < -0.4 is 5.32 Å². The van der Waals surface area contributed by atoms with E-state index in [1.165, 1.54) is 31.2 Å². The second kappa shape index (κ2) is 6.91. The Bertz CT molecular complexity index is 373. The standard InChI is InChI=1S/C16H26N2/c1-3-17-10-11-18(2)13-14-8-9-15-6-4-5-7-16(15)12-14/h8-9,12,17H,3-7,10-11,13H2,1-2H3. The van der Waals surface area contributed by atoms with Crippen molar-refractivity contribution in [2.75, 3.05) is 26.7 Å². The van der Waals surface area contributed by atoms with Crippen molar-refractivity contribution in [3.05, 3.63) is 34.9 Å². The summed E-state index contributed by atoms with van der Waals surface area (Å²) in [5.74, 6) is 0. The highest BCUT2D eigenvalue weighted by atomic mass is 15.1. The van der Waals surface area contributed by atoms with Gasteiger partial charge in [-0.05, 0) is 56.0 Å². The number of aryl methyl sites for hydroxylation is 2. The van der Waals surface area contributed by atoms with Crippen molar-refractivity contribution in [3.8, 4) is 0 Å². The van der Waals surface area contributed by atoms with E-state index >= 15 is 0 Å². The highest BCUT2D eigenvalue weighted by Gasteiger charge is 2.10. The van der Waals surface area contributed by atoms with Gasteiger partial charge in [-0.2, -0.15) is 0 Å². The number of hydrogen-bond acceptors (Lipinski definition) is 2. The van der Waals surface area contributed by atoms with E-state index in [0.29, 0.717) is 0 Å². The van der Waals surface area contributed by atoms with Crippen LogP contribution in [-0.2, 0) is 19.4 Å². The molecule has 0 atom stereocenters. The summed E-state index contributed by atoms with van der Waals surface area (Å²) in [5.41, 5.74) is 4.65. The van der Waals surface area contributed by atoms with E-state index in [2.05, 4.69) is 42.4 Å². The van der Waals surface area contributed by atoms with Crippen LogP contribution in [0, 0.1) is 0 Å². The first-order valence-electron chi connectivity index (χ1n) is 7.29. The van der Waals surface area contributed by atoms with Crippen LogP contribution in [-0.4, -0.2) is 31.6 Å². The Morgan fingerprint density at radius 2 is 1.94 bits per heavy atom. The third-order valence-corrected chi connectivity index (χ3v) is 3.79. The minimum atomic E-state index is 1.06. The Hall–Kier alpha value is -0.860. The van der Waals surface area contributed by atoms with Crippen LogP contribution in [0.15, 0.2) is 18.2 Å². The van der Waals surface area contributed by atoms with Crippen LogP contribution in [0.2, 0.25) is 0 Å². The van der Waals surface area contributed by atoms with Gasteiger partial charge in [0.2, 0.25) is 0 Å². The Morgan fingerprint density at radius 1 is 1.17 bits per heavy atom. The molecule has 0 fully saturated rings. The van der Waals surface area contributed by atoms with E-state index in [-0.39, 0.29) is 0 Å². The zero-order valence-electron chi connectivity index (χ0n) is 11.8. The number of rotatable bonds is 6. The summed E-state index contributed by atoms with van der Waals surface area (Å²) in [6.07, 6.45) is 5.30. The molecule has 0 unspecified atom stereocenters. The molecule has 0 aromatic heterocycles. The van der Waals surface area contributed by atoms with Crippen LogP contribution in [0.1, 0.15) is 36.5 Å². The van der Waals surface area contributed by atoms with Crippen LogP contribution in [0.3, 0.4) is 0 Å². The van der Waals surface area contributed by atoms with Crippen molar-refractivity contribution in [2.45, 2.75) is 39.2 Å². The normalized spacial score (nSPS) is 14.8. The molecule has 2 heteroatoms. The quantitative estimate of drug-likeness (QED) is 0.776. The minimum Gasteiger partial charge on any atom is -0.316 e. The van der Waals surface area contributed by atoms with E-state index in [1.54, 1.807) is 11.1 Å². The molecule has 1 aliphatic rings. The third kappa shape index (κ3) is 3.82. The van der Waals surface area contributed by atoms with Gasteiger partial charge in [-0.15, -0.1) is 0 Å². The van der Waals surface area contributed by atoms with E-state index < -0.39 is 0 Å². The molecule has 1 N–H and O–H groups in total. The van der Waals surface area contributed by atoms with E-state index in [0.717, 1.165) is 26.2 Å². The summed E-state index contributed by atoms with van der Waals surface area (Å²) in [6, 6.07) is 7.09. The van der Waals surface area contributed by atoms with Crippen molar-refractivity contribution in [1.29, 1.82) is 0 Å². The lowest BCUT2D eigenvalue weighted by Crippen LogP contribution is -2.28. The maximum Gasteiger partial charge on any atom is 0.0231 e. The zero-order valence-corrected chi connectivity index (χ0v) is 11.8. The number of likely N-dealkylation sites (N-methyl/N-ethyl adjacent to an activating group) is 2. The van der Waals surface area contributed by atoms with Gasteiger partial charge in [0.05, 0.1) is 0 Å². The molecule has 0 spiro atoms. The van der Waals surface area contributed by atoms with Crippen molar-refractivity contribution in [2.24, 2.45) is 0 Å². The van der Waals surface area contributed by atoms with E-state index in [1.807, 2.05) is 0 Å². The second-order valence-corrected chi connectivity index (χ2v) is 5.40. The Morgan fingerprint density at radius 3 is 2.72 bits per heavy atom. The molecule has 0 bridgehead atoms. The van der Waals surface area contributed by atoms with Gasteiger partial charge in [-0.3, -0.25) is 0 Å². The van der Waals surface area contributed by atoms with Crippen molar-refractivity contribution in [3.63, 3.8) is 0 Å². The Kier molecular flexibility index (Phi) is 5.21. The molecule has 0 saturated carbocycles. The molecule has 1 aliphatic carbocycles. The van der Waals surface area contributed by atoms with Gasteiger partial charge in [-0.25, -0.2) is 0 Å². The average Bonchev–Trinajstić information content (AvgIpc) is 2.39. The predicted octanol–water partition coefficient (Wildman–Crippen LogP) is 2.61. The fraction of sp³-hybridized carbons (Fsp3) is 0.625. The fourth-order valence-electron chi connectivity index (χ4n) is 2.72. The van der Waals surface area contributed by atoms with Gasteiger partial charge >= 0.3 is 0 Å². The molecule has 100 valence electrons. The summed E-state index contributed by atoms with van der Waals surface area (Å²) >= 11 is 0. The lowest BCUT2D eigenvalue weighted by atomic mass is 9.90. The molecular weight excluding hydrogens is 220 g/mol. The molecule has 0 aliphatic heterocycles. The third-order valence-electron chi connectivity index (χ3n) is 3.79. The van der Waals surface area contributed by atoms with Gasteiger partial charge in [0.1, 0.15) is 0 Å². The number of hydrogen-bond donors (Lipinski definition) is 1. The smallest absolute Gasteiger partial charge is 0.0231 e. The van der Waals surface area contributed by atoms with Gasteiger partial charge in [0.25, 0.3) is 0 Å². The first kappa shape index (κ1) is 13.6. The van der Waals surface area contributed by atoms with Gasteiger partial charge < -0.3 is 10.2 Å². The number of benzene rings is 1. The molecule has 2 rings (SSSR count). The van der Waals surface area contributed by atoms with E-state index in [9.17, 15) is 0 Å². The number of nitrogens with zero attached hydrogens (tertiary/aromatic N) is 1. The molecule has 1 aromatic rings. The summed E-state index contributed by atoms with van der Waals surface area (Å²) in [4.78, 5) is 2.40. The largest absolute Gasteiger partial charge is 0.316 e. The van der Waals surface area contributed by atoms with Gasteiger partial charge in [0, 0.05) is 19.6 Å². The topological polar surface area (TPSA) is 15.3 Å². The van der Waals surface area contributed by atoms with E-state index in [4.69, 9.17) is 0 Å². The van der Waals surface area contributed by atoms with Crippen LogP contribution in [0.25, 0.3) is 0 Å². The maximum atomic E-state index is 3.37. The Labute approximate surface area is 111 Å². The van der Waals surface area contributed by atoms with Crippen LogP contribution >= 0.6 is 0 Å². The first-order chi connectivity index (χ1) is 8.79. The summed E-state index contributed by atoms with van der Waals surface area (Å²) in [6.45, 7) is 6.48. The second-order valence-electron chi connectivity index (χ2n) is 5.40. The maximum absolute atomic E-state index is 3.37. The first-order valence-corrected chi connectivity index (χ1v) is 7.29. The zero-order chi connectivity index (χ0) is 12.8. The minimum absolute atomic E-state index is 1.06. The molecule has 0 radical (unpaired) electrons. The molecule has 0 amide bonds. The van der Waals surface area contributed by atoms with Crippen LogP contribution in [0.4, 0.5) is 0 Å². The lowest BCUT2D eigenvalue weighted by Gasteiger charge is -2.20. The fourth-order valence-corrected chi connectivity index (χ4v) is 2.72. The SMILES string of the molecule is CCNCCN(C)Cc1ccc2c(c1)CCCC2. The highest BCUT2D eigenvalue weighted by molar-refractivity contribution is 5.33. The van der Waals surface area contributed by atoms with Crippen molar-refractivity contribution < 1.29 is 0 Å². The van der Waals surface area contributed by atoms with Gasteiger partial charge in [-0.1, -0.05) is 25.1 Å². The van der Waals surface area contributed by atoms with Crippen molar-refractivity contribution in [1.82, 2.24) is 10.2 Å².